The van der Waals surface area contributed by atoms with Crippen molar-refractivity contribution in [2.75, 3.05) is 122 Å². The van der Waals surface area contributed by atoms with E-state index in [1.165, 1.54) is 18.5 Å². The van der Waals surface area contributed by atoms with E-state index in [2.05, 4.69) is 56.1 Å². The van der Waals surface area contributed by atoms with Crippen LogP contribution in [0.1, 0.15) is 97.3 Å². The maximum Gasteiger partial charge on any atom is 0.410 e. The van der Waals surface area contributed by atoms with Crippen LogP contribution in [0, 0.1) is 19.7 Å². The number of amides is 3. The lowest BCUT2D eigenvalue weighted by molar-refractivity contribution is -0.140. The van der Waals surface area contributed by atoms with Crippen molar-refractivity contribution in [3.05, 3.63) is 88.9 Å². The molecule has 0 aliphatic carbocycles. The number of nitrogens with one attached hydrogen (secondary N) is 2. The Kier molecular flexibility index (Phi) is 20.9. The number of pyridine rings is 1. The van der Waals surface area contributed by atoms with E-state index >= 15 is 0 Å². The molecule has 0 bridgehead atoms. The number of piperazine rings is 2. The quantitative estimate of drug-likeness (QED) is 0.0590. The summed E-state index contributed by atoms with van der Waals surface area (Å²) in [5.74, 6) is 0.697. The molecule has 2 saturated heterocycles. The van der Waals surface area contributed by atoms with Crippen LogP contribution in [-0.2, 0) is 54.9 Å². The van der Waals surface area contributed by atoms with Gasteiger partial charge in [-0.2, -0.15) is 5.10 Å². The van der Waals surface area contributed by atoms with Gasteiger partial charge in [0.05, 0.1) is 74.4 Å². The molecule has 22 nitrogen and oxygen atoms in total. The number of hydrogen-bond donors (Lipinski definition) is 2. The number of ether oxygens (including phenoxy) is 6. The number of rotatable bonds is 24. The second-order valence-corrected chi connectivity index (χ2v) is 27.6. The Morgan fingerprint density at radius 1 is 0.776 bits per heavy atom. The first-order valence-corrected chi connectivity index (χ1v) is 30.7. The molecule has 2 aromatic carbocycles. The molecule has 2 fully saturated rings. The van der Waals surface area contributed by atoms with Gasteiger partial charge in [-0.25, -0.2) is 27.6 Å². The van der Waals surface area contributed by atoms with Crippen molar-refractivity contribution in [3.8, 4) is 5.75 Å². The lowest BCUT2D eigenvalue weighted by atomic mass is 9.91. The number of benzene rings is 2. The second-order valence-electron chi connectivity index (χ2n) is 25.0. The number of carbonyl (C=O) groups is 3. The van der Waals surface area contributed by atoms with Crippen molar-refractivity contribution >= 4 is 56.0 Å². The lowest BCUT2D eigenvalue weighted by Gasteiger charge is -2.48. The number of aromatic amines is 1. The molecule has 8 rings (SSSR count). The zero-order valence-electron chi connectivity index (χ0n) is 51.5. The third-order valence-electron chi connectivity index (χ3n) is 15.6. The maximum atomic E-state index is 14.6. The van der Waals surface area contributed by atoms with Gasteiger partial charge in [-0.15, -0.1) is 0 Å². The van der Waals surface area contributed by atoms with Gasteiger partial charge in [0.1, 0.15) is 47.4 Å². The fourth-order valence-corrected chi connectivity index (χ4v) is 12.0. The monoisotopic (exact) mass is 1200 g/mol. The van der Waals surface area contributed by atoms with Crippen molar-refractivity contribution < 1.29 is 55.6 Å². The van der Waals surface area contributed by atoms with E-state index in [0.29, 0.717) is 94.6 Å². The van der Waals surface area contributed by atoms with E-state index < -0.39 is 20.2 Å². The third-order valence-corrected chi connectivity index (χ3v) is 18.1. The van der Waals surface area contributed by atoms with E-state index in [1.807, 2.05) is 63.6 Å². The summed E-state index contributed by atoms with van der Waals surface area (Å²) >= 11 is 0. The van der Waals surface area contributed by atoms with Gasteiger partial charge in [0.2, 0.25) is 11.8 Å². The number of carbonyl (C=O) groups excluding carboxylic acids is 3. The number of H-pyrrole nitrogens is 1. The van der Waals surface area contributed by atoms with E-state index in [0.717, 1.165) is 33.8 Å². The Morgan fingerprint density at radius 2 is 1.45 bits per heavy atom. The largest absolute Gasteiger partial charge is 0.490 e. The molecular weight excluding hydrogens is 1110 g/mol. The first-order chi connectivity index (χ1) is 40.2. The highest BCUT2D eigenvalue weighted by Crippen LogP contribution is 2.41. The topological polar surface area (TPSA) is 236 Å². The molecule has 85 heavy (non-hydrogen) atoms. The van der Waals surface area contributed by atoms with Crippen molar-refractivity contribution in [3.63, 3.8) is 0 Å². The predicted octanol–water partition coefficient (Wildman–Crippen LogP) is 7.02. The molecular formula is C61H86FN11O11S. The van der Waals surface area contributed by atoms with Crippen LogP contribution in [0.3, 0.4) is 0 Å². The van der Waals surface area contributed by atoms with Crippen molar-refractivity contribution in [1.29, 1.82) is 0 Å². The number of sulfone groups is 1. The van der Waals surface area contributed by atoms with Crippen LogP contribution >= 0.6 is 0 Å². The Labute approximate surface area is 499 Å². The van der Waals surface area contributed by atoms with E-state index in [1.54, 1.807) is 49.9 Å². The first-order valence-electron chi connectivity index (χ1n) is 29.2. The summed E-state index contributed by atoms with van der Waals surface area (Å²) in [7, 11) is -3.86. The van der Waals surface area contributed by atoms with E-state index in [9.17, 15) is 27.2 Å². The molecule has 3 aromatic heterocycles. The summed E-state index contributed by atoms with van der Waals surface area (Å²) in [4.78, 5) is 65.2. The highest BCUT2D eigenvalue weighted by Gasteiger charge is 2.43. The zero-order chi connectivity index (χ0) is 61.4. The average molecular weight is 1200 g/mol. The number of hydrogen-bond acceptors (Lipinski definition) is 18. The van der Waals surface area contributed by atoms with Crippen LogP contribution in [0.15, 0.2) is 59.9 Å². The summed E-state index contributed by atoms with van der Waals surface area (Å²) in [5.41, 5.74) is 4.76. The molecule has 3 atom stereocenters. The fraction of sp³-hybridized carbons (Fsp3) is 0.590. The minimum absolute atomic E-state index is 0.0110. The molecule has 0 spiro atoms. The van der Waals surface area contributed by atoms with Crippen molar-refractivity contribution in [2.24, 2.45) is 0 Å². The lowest BCUT2D eigenvalue weighted by Crippen LogP contribution is -2.65. The standard InChI is InChI=1S/C61H86FN11O11S/c1-40-32-70(54(75)37-82-24-23-80-20-19-79-21-22-81-25-26-83-51-30-49-48(29-52(51)85(77,78)60(8,9)10)57(65-39-64-49)66-56-42(3)43(4)67-68-56)18-17-69(40)34-47-35-72(58(76)84-59(5,6)7)41(2)33-71(47)36-53(74)73-38-61(11,12)55-50(73)28-45(31-63-55)27-44-13-15-46(62)16-14-44/h13-16,28-31,39-41,47H,17-27,32-38H2,1-12H3,(H2,64,65,66,67,68)/t40?,41-,47?/m0/s1. The number of halogens is 1. The average Bonchev–Trinajstić information content (AvgIpc) is 1.95. The van der Waals surface area contributed by atoms with Gasteiger partial charge in [-0.1, -0.05) is 26.0 Å². The third kappa shape index (κ3) is 16.4. The predicted molar refractivity (Wildman–Crippen MR) is 321 cm³/mol. The second kappa shape index (κ2) is 27.5. The minimum Gasteiger partial charge on any atom is -0.490 e. The van der Waals surface area contributed by atoms with Gasteiger partial charge < -0.3 is 48.4 Å². The number of aryl methyl sites for hydroxylation is 1. The molecule has 5 aromatic rings. The Balaban J connectivity index is 0.744. The van der Waals surface area contributed by atoms with Gasteiger partial charge in [-0.05, 0) is 111 Å². The van der Waals surface area contributed by atoms with Crippen LogP contribution in [0.5, 0.6) is 5.75 Å². The molecule has 2 N–H and O–H groups in total. The van der Waals surface area contributed by atoms with Crippen molar-refractivity contribution in [2.45, 2.75) is 128 Å². The summed E-state index contributed by atoms with van der Waals surface area (Å²) in [6.07, 6.45) is 3.40. The van der Waals surface area contributed by atoms with Gasteiger partial charge in [0, 0.05) is 98.3 Å². The van der Waals surface area contributed by atoms with Crippen LogP contribution < -0.4 is 15.0 Å². The Morgan fingerprint density at radius 3 is 2.08 bits per heavy atom. The zero-order valence-corrected chi connectivity index (χ0v) is 52.3. The van der Waals surface area contributed by atoms with Crippen LogP contribution in [0.25, 0.3) is 10.9 Å². The molecule has 3 amide bonds. The maximum absolute atomic E-state index is 14.6. The number of nitrogens with zero attached hydrogens (tertiary/aromatic N) is 9. The molecule has 3 aliphatic rings. The first kappa shape index (κ1) is 64.6. The normalized spacial score (nSPS) is 18.7. The molecule has 3 aliphatic heterocycles. The number of aromatic nitrogens is 5. The molecule has 0 radical (unpaired) electrons. The highest BCUT2D eigenvalue weighted by atomic mass is 32.2. The summed E-state index contributed by atoms with van der Waals surface area (Å²) in [6.45, 7) is 28.1. The number of fused-ring (bicyclic) bond motifs is 2. The summed E-state index contributed by atoms with van der Waals surface area (Å²) < 4.78 is 74.9. The molecule has 24 heteroatoms. The smallest absolute Gasteiger partial charge is 0.410 e. The number of anilines is 3. The Hall–Kier alpha value is -6.41. The Bertz CT molecular complexity index is 3240. The summed E-state index contributed by atoms with van der Waals surface area (Å²) in [6, 6.07) is 11.2. The van der Waals surface area contributed by atoms with Crippen LogP contribution in [0.4, 0.5) is 26.5 Å². The van der Waals surface area contributed by atoms with E-state index in [-0.39, 0.29) is 104 Å². The molecule has 0 saturated carbocycles. The summed E-state index contributed by atoms with van der Waals surface area (Å²) in [5, 5.41) is 10.9. The van der Waals surface area contributed by atoms with Crippen LogP contribution in [-0.4, -0.2) is 211 Å². The van der Waals surface area contributed by atoms with Gasteiger partial charge >= 0.3 is 6.09 Å². The fourth-order valence-electron chi connectivity index (χ4n) is 10.7. The van der Waals surface area contributed by atoms with Gasteiger partial charge in [0.15, 0.2) is 15.7 Å². The molecule has 2 unspecified atom stereocenters. The minimum atomic E-state index is -3.86. The SMILES string of the molecule is Cc1[nH]nc(Nc2ncnc3cc(OCCOCCOCCOCCOCC(=O)N4CCN(CC5CN(C(=O)OC(C)(C)C)[C@@H](C)CN5CC(=O)N5CC(C)(C)c6ncc(Cc7ccc(F)cc7)cc65)C(C)C4)c(S(=O)(=O)C(C)(C)C)cc23)c1C. The molecule has 6 heterocycles. The van der Waals surface area contributed by atoms with Crippen LogP contribution in [0.2, 0.25) is 0 Å². The van der Waals surface area contributed by atoms with Crippen molar-refractivity contribution in [1.82, 2.24) is 44.7 Å². The van der Waals surface area contributed by atoms with Gasteiger partial charge in [-0.3, -0.25) is 29.5 Å². The van der Waals surface area contributed by atoms with Gasteiger partial charge in [0.25, 0.3) is 0 Å². The molecule has 464 valence electrons. The van der Waals surface area contributed by atoms with E-state index in [4.69, 9.17) is 33.4 Å². The highest BCUT2D eigenvalue weighted by molar-refractivity contribution is 7.92.